The van der Waals surface area contributed by atoms with E-state index in [2.05, 4.69) is 11.1 Å². The third kappa shape index (κ3) is 6.19. The number of rotatable bonds is 10. The summed E-state index contributed by atoms with van der Waals surface area (Å²) in [6.45, 7) is 7.00. The molecule has 2 saturated heterocycles. The maximum absolute atomic E-state index is 6.09. The van der Waals surface area contributed by atoms with Gasteiger partial charge in [0.2, 0.25) is 0 Å². The zero-order chi connectivity index (χ0) is 27.3. The highest BCUT2D eigenvalue weighted by atomic mass is 16.7. The van der Waals surface area contributed by atoms with Gasteiger partial charge in [-0.25, -0.2) is 14.6 Å². The first-order chi connectivity index (χ1) is 19.6. The van der Waals surface area contributed by atoms with E-state index in [1.807, 2.05) is 53.7 Å². The first-order valence-electron chi connectivity index (χ1n) is 14.5. The van der Waals surface area contributed by atoms with Crippen LogP contribution in [0.3, 0.4) is 0 Å². The second-order valence-corrected chi connectivity index (χ2v) is 10.7. The topological polar surface area (TPSA) is 98.3 Å². The SMILES string of the molecule is CC(C)Oc1ccc2c(c1)c(-c1nccc(-c3ccn(CCCOC4CCCCO4)n3)n1)nn2C1CCCCO1. The Hall–Kier alpha value is -3.34. The summed E-state index contributed by atoms with van der Waals surface area (Å²) in [5, 5.41) is 10.7. The van der Waals surface area contributed by atoms with Crippen molar-refractivity contribution in [3.8, 4) is 28.7 Å². The summed E-state index contributed by atoms with van der Waals surface area (Å²) >= 11 is 0. The predicted molar refractivity (Wildman–Crippen MR) is 151 cm³/mol. The number of benzene rings is 1. The summed E-state index contributed by atoms with van der Waals surface area (Å²) in [6.07, 6.45) is 10.9. The molecule has 2 aliphatic heterocycles. The number of fused-ring (bicyclic) bond motifs is 1. The van der Waals surface area contributed by atoms with Crippen LogP contribution in [0.2, 0.25) is 0 Å². The van der Waals surface area contributed by atoms with Crippen molar-refractivity contribution in [1.82, 2.24) is 29.5 Å². The minimum absolute atomic E-state index is 0.0568. The zero-order valence-electron chi connectivity index (χ0n) is 23.4. The van der Waals surface area contributed by atoms with Gasteiger partial charge in [0.05, 0.1) is 23.9 Å². The van der Waals surface area contributed by atoms with Crippen LogP contribution in [0.5, 0.6) is 5.75 Å². The molecule has 3 aromatic heterocycles. The monoisotopic (exact) mass is 546 g/mol. The van der Waals surface area contributed by atoms with Crippen LogP contribution in [0.25, 0.3) is 33.8 Å². The summed E-state index contributed by atoms with van der Waals surface area (Å²) in [7, 11) is 0. The molecule has 2 atom stereocenters. The van der Waals surface area contributed by atoms with E-state index >= 15 is 0 Å². The highest BCUT2D eigenvalue weighted by molar-refractivity contribution is 5.93. The van der Waals surface area contributed by atoms with Crippen molar-refractivity contribution in [2.45, 2.75) is 84.0 Å². The number of nitrogens with zero attached hydrogens (tertiary/aromatic N) is 6. The second-order valence-electron chi connectivity index (χ2n) is 10.7. The molecule has 10 heteroatoms. The van der Waals surface area contributed by atoms with Crippen LogP contribution in [-0.4, -0.2) is 61.7 Å². The van der Waals surface area contributed by atoms with Gasteiger partial charge in [-0.05, 0) is 89.1 Å². The lowest BCUT2D eigenvalue weighted by atomic mass is 10.1. The van der Waals surface area contributed by atoms with Crippen molar-refractivity contribution in [3.05, 3.63) is 42.7 Å². The molecule has 4 aromatic rings. The van der Waals surface area contributed by atoms with Crippen LogP contribution in [0.1, 0.15) is 65.0 Å². The van der Waals surface area contributed by atoms with Crippen LogP contribution in [0, 0.1) is 0 Å². The van der Waals surface area contributed by atoms with E-state index in [0.717, 1.165) is 86.3 Å². The molecule has 2 aliphatic rings. The molecule has 0 bridgehead atoms. The lowest BCUT2D eigenvalue weighted by Gasteiger charge is -2.23. The molecule has 0 radical (unpaired) electrons. The average molecular weight is 547 g/mol. The van der Waals surface area contributed by atoms with E-state index in [1.54, 1.807) is 6.20 Å². The van der Waals surface area contributed by atoms with E-state index in [4.69, 9.17) is 34.1 Å². The molecule has 0 aliphatic carbocycles. The summed E-state index contributed by atoms with van der Waals surface area (Å²) in [6, 6.07) is 9.94. The average Bonchev–Trinajstić information content (AvgIpc) is 3.61. The van der Waals surface area contributed by atoms with Gasteiger partial charge in [0.15, 0.2) is 18.3 Å². The molecular formula is C30H38N6O4. The van der Waals surface area contributed by atoms with Crippen molar-refractivity contribution in [2.75, 3.05) is 19.8 Å². The van der Waals surface area contributed by atoms with Gasteiger partial charge in [-0.1, -0.05) is 0 Å². The second kappa shape index (κ2) is 12.4. The van der Waals surface area contributed by atoms with Crippen molar-refractivity contribution >= 4 is 10.9 Å². The fourth-order valence-electron chi connectivity index (χ4n) is 5.29. The molecule has 10 nitrogen and oxygen atoms in total. The molecule has 40 heavy (non-hydrogen) atoms. The minimum Gasteiger partial charge on any atom is -0.491 e. The van der Waals surface area contributed by atoms with E-state index in [9.17, 15) is 0 Å². The first kappa shape index (κ1) is 26.9. The zero-order valence-corrected chi connectivity index (χ0v) is 23.4. The number of aromatic nitrogens is 6. The van der Waals surface area contributed by atoms with E-state index in [0.29, 0.717) is 18.1 Å². The van der Waals surface area contributed by atoms with Crippen molar-refractivity contribution in [3.63, 3.8) is 0 Å². The van der Waals surface area contributed by atoms with Gasteiger partial charge in [0.1, 0.15) is 17.1 Å². The smallest absolute Gasteiger partial charge is 0.181 e. The maximum Gasteiger partial charge on any atom is 0.181 e. The van der Waals surface area contributed by atoms with Crippen LogP contribution >= 0.6 is 0 Å². The standard InChI is InChI=1S/C30H38N6O4/c1-21(2)40-22-10-11-26-23(20-22)29(34-36(26)27-8-3-5-17-37-27)30-31-14-12-24(32-30)25-13-16-35(33-25)15-7-19-39-28-9-4-6-18-38-28/h10-14,16,20-21,27-28H,3-9,15,17-19H2,1-2H3. The molecule has 5 heterocycles. The summed E-state index contributed by atoms with van der Waals surface area (Å²) in [5.74, 6) is 1.34. The fourth-order valence-corrected chi connectivity index (χ4v) is 5.29. The third-order valence-corrected chi connectivity index (χ3v) is 7.22. The van der Waals surface area contributed by atoms with Gasteiger partial charge in [-0.2, -0.15) is 10.2 Å². The van der Waals surface area contributed by atoms with Crippen LogP contribution in [0.15, 0.2) is 42.7 Å². The molecule has 0 N–H and O–H groups in total. The van der Waals surface area contributed by atoms with Crippen LogP contribution in [-0.2, 0) is 20.8 Å². The fraction of sp³-hybridized carbons (Fsp3) is 0.533. The Morgan fingerprint density at radius 2 is 1.85 bits per heavy atom. The van der Waals surface area contributed by atoms with Gasteiger partial charge in [-0.3, -0.25) is 4.68 Å². The van der Waals surface area contributed by atoms with Gasteiger partial charge in [-0.15, -0.1) is 0 Å². The summed E-state index contributed by atoms with van der Waals surface area (Å²) < 4.78 is 27.5. The Labute approximate surface area is 234 Å². The molecule has 2 fully saturated rings. The Balaban J connectivity index is 1.22. The molecule has 0 saturated carbocycles. The lowest BCUT2D eigenvalue weighted by molar-refractivity contribution is -0.163. The van der Waals surface area contributed by atoms with E-state index < -0.39 is 0 Å². The van der Waals surface area contributed by atoms with Crippen LogP contribution < -0.4 is 4.74 Å². The summed E-state index contributed by atoms with van der Waals surface area (Å²) in [4.78, 5) is 9.51. The highest BCUT2D eigenvalue weighted by Crippen LogP contribution is 2.34. The van der Waals surface area contributed by atoms with Gasteiger partial charge >= 0.3 is 0 Å². The highest BCUT2D eigenvalue weighted by Gasteiger charge is 2.23. The molecule has 6 rings (SSSR count). The van der Waals surface area contributed by atoms with E-state index in [1.165, 1.54) is 6.42 Å². The van der Waals surface area contributed by atoms with Crippen molar-refractivity contribution < 1.29 is 18.9 Å². The molecule has 0 spiro atoms. The number of aryl methyl sites for hydroxylation is 1. The van der Waals surface area contributed by atoms with Gasteiger partial charge in [0.25, 0.3) is 0 Å². The number of hydrogen-bond acceptors (Lipinski definition) is 8. The third-order valence-electron chi connectivity index (χ3n) is 7.22. The van der Waals surface area contributed by atoms with Gasteiger partial charge in [0, 0.05) is 37.5 Å². The molecular weight excluding hydrogens is 508 g/mol. The molecule has 212 valence electrons. The minimum atomic E-state index is -0.102. The molecule has 1 aromatic carbocycles. The first-order valence-corrected chi connectivity index (χ1v) is 14.5. The Bertz CT molecular complexity index is 1400. The predicted octanol–water partition coefficient (Wildman–Crippen LogP) is 5.78. The largest absolute Gasteiger partial charge is 0.491 e. The Morgan fingerprint density at radius 3 is 2.65 bits per heavy atom. The quantitative estimate of drug-likeness (QED) is 0.231. The van der Waals surface area contributed by atoms with E-state index in [-0.39, 0.29) is 18.6 Å². The number of ether oxygens (including phenoxy) is 4. The van der Waals surface area contributed by atoms with Crippen molar-refractivity contribution in [1.29, 1.82) is 0 Å². The van der Waals surface area contributed by atoms with Crippen molar-refractivity contribution in [2.24, 2.45) is 0 Å². The number of hydrogen-bond donors (Lipinski definition) is 0. The van der Waals surface area contributed by atoms with Gasteiger partial charge < -0.3 is 18.9 Å². The lowest BCUT2D eigenvalue weighted by Crippen LogP contribution is -2.23. The Morgan fingerprint density at radius 1 is 0.975 bits per heavy atom. The van der Waals surface area contributed by atoms with Crippen LogP contribution in [0.4, 0.5) is 0 Å². The summed E-state index contributed by atoms with van der Waals surface area (Å²) in [5.41, 5.74) is 3.24. The molecule has 0 amide bonds. The normalized spacial score (nSPS) is 19.9. The maximum atomic E-state index is 6.09. The Kier molecular flexibility index (Phi) is 8.36. The molecule has 2 unspecified atom stereocenters.